The summed E-state index contributed by atoms with van der Waals surface area (Å²) in [5, 5.41) is 4.24. The molecule has 1 atom stereocenters. The van der Waals surface area contributed by atoms with Crippen LogP contribution in [0.2, 0.25) is 5.02 Å². The maximum absolute atomic E-state index is 6.22. The highest BCUT2D eigenvalue weighted by molar-refractivity contribution is 6.31. The molecule has 0 spiro atoms. The van der Waals surface area contributed by atoms with E-state index in [1.165, 1.54) is 16.7 Å². The van der Waals surface area contributed by atoms with Gasteiger partial charge in [0, 0.05) is 11.1 Å². The highest BCUT2D eigenvalue weighted by Crippen LogP contribution is 2.27. The fourth-order valence-corrected chi connectivity index (χ4v) is 2.61. The Hall–Kier alpha value is -1.31. The summed E-state index contributed by atoms with van der Waals surface area (Å²) in [5.74, 6) is 0. The summed E-state index contributed by atoms with van der Waals surface area (Å²) in [6.45, 7) is 4.24. The van der Waals surface area contributed by atoms with Crippen molar-refractivity contribution >= 4 is 11.6 Å². The van der Waals surface area contributed by atoms with Crippen LogP contribution in [0.1, 0.15) is 28.3 Å². The zero-order valence-electron chi connectivity index (χ0n) is 11.7. The molecule has 0 saturated heterocycles. The van der Waals surface area contributed by atoms with E-state index < -0.39 is 0 Å². The molecule has 19 heavy (non-hydrogen) atoms. The largest absolute Gasteiger partial charge is 0.313 e. The first kappa shape index (κ1) is 14.1. The number of benzene rings is 2. The topological polar surface area (TPSA) is 12.0 Å². The third kappa shape index (κ3) is 3.17. The molecule has 0 aliphatic rings. The van der Waals surface area contributed by atoms with Gasteiger partial charge in [-0.2, -0.15) is 0 Å². The second-order valence-corrected chi connectivity index (χ2v) is 5.33. The van der Waals surface area contributed by atoms with Gasteiger partial charge in [0.1, 0.15) is 0 Å². The molecule has 0 amide bonds. The van der Waals surface area contributed by atoms with E-state index in [2.05, 4.69) is 49.5 Å². The van der Waals surface area contributed by atoms with Gasteiger partial charge in [-0.05, 0) is 55.6 Å². The van der Waals surface area contributed by atoms with Crippen molar-refractivity contribution in [3.63, 3.8) is 0 Å². The van der Waals surface area contributed by atoms with Gasteiger partial charge in [0.05, 0.1) is 0 Å². The number of hydrogen-bond donors (Lipinski definition) is 1. The molecule has 2 rings (SSSR count). The summed E-state index contributed by atoms with van der Waals surface area (Å²) in [5.41, 5.74) is 5.15. The zero-order valence-corrected chi connectivity index (χ0v) is 12.5. The van der Waals surface area contributed by atoms with Crippen LogP contribution >= 0.6 is 11.6 Å². The molecule has 1 unspecified atom stereocenters. The number of rotatable bonds is 4. The van der Waals surface area contributed by atoms with Crippen molar-refractivity contribution in [2.75, 3.05) is 7.05 Å². The normalized spacial score (nSPS) is 12.4. The molecule has 2 heteroatoms. The van der Waals surface area contributed by atoms with Crippen molar-refractivity contribution < 1.29 is 0 Å². The van der Waals surface area contributed by atoms with E-state index in [-0.39, 0.29) is 0 Å². The Bertz CT molecular complexity index is 563. The van der Waals surface area contributed by atoms with Crippen LogP contribution in [0.25, 0.3) is 0 Å². The summed E-state index contributed by atoms with van der Waals surface area (Å²) in [4.78, 5) is 0. The van der Waals surface area contributed by atoms with E-state index in [0.29, 0.717) is 6.04 Å². The summed E-state index contributed by atoms with van der Waals surface area (Å²) < 4.78 is 0. The smallest absolute Gasteiger partial charge is 0.0438 e. The maximum atomic E-state index is 6.22. The first-order valence-corrected chi connectivity index (χ1v) is 6.98. The lowest BCUT2D eigenvalue weighted by molar-refractivity contribution is 0.587. The van der Waals surface area contributed by atoms with Crippen LogP contribution in [-0.2, 0) is 6.42 Å². The van der Waals surface area contributed by atoms with Crippen molar-refractivity contribution in [2.45, 2.75) is 26.3 Å². The Morgan fingerprint density at radius 3 is 2.47 bits per heavy atom. The number of nitrogens with one attached hydrogen (secondary N) is 1. The van der Waals surface area contributed by atoms with Crippen molar-refractivity contribution in [3.05, 3.63) is 69.7 Å². The van der Waals surface area contributed by atoms with Crippen LogP contribution in [0, 0.1) is 13.8 Å². The Morgan fingerprint density at radius 1 is 1.05 bits per heavy atom. The molecule has 0 fully saturated rings. The van der Waals surface area contributed by atoms with E-state index in [0.717, 1.165) is 17.0 Å². The highest BCUT2D eigenvalue weighted by atomic mass is 35.5. The minimum absolute atomic E-state index is 0.291. The Morgan fingerprint density at radius 2 is 1.79 bits per heavy atom. The molecule has 0 heterocycles. The molecule has 1 nitrogen and oxygen atoms in total. The van der Waals surface area contributed by atoms with Crippen LogP contribution in [0.4, 0.5) is 0 Å². The van der Waals surface area contributed by atoms with Gasteiger partial charge in [-0.1, -0.05) is 48.0 Å². The molecule has 0 radical (unpaired) electrons. The third-order valence-electron chi connectivity index (χ3n) is 3.72. The molecule has 2 aromatic carbocycles. The molecule has 0 saturated carbocycles. The molecular formula is C17H20ClN. The fourth-order valence-electron chi connectivity index (χ4n) is 2.43. The van der Waals surface area contributed by atoms with Gasteiger partial charge in [-0.3, -0.25) is 0 Å². The zero-order chi connectivity index (χ0) is 13.8. The lowest BCUT2D eigenvalue weighted by Gasteiger charge is -2.20. The molecule has 100 valence electrons. The van der Waals surface area contributed by atoms with Gasteiger partial charge in [0.2, 0.25) is 0 Å². The van der Waals surface area contributed by atoms with E-state index in [9.17, 15) is 0 Å². The van der Waals surface area contributed by atoms with Crippen LogP contribution in [0.3, 0.4) is 0 Å². The Labute approximate surface area is 120 Å². The standard InChI is InChI=1S/C17H20ClN/c1-12-7-4-5-8-14(12)11-17(19-3)15-9-6-10-16(18)13(15)2/h4-10,17,19H,11H2,1-3H3. The van der Waals surface area contributed by atoms with Gasteiger partial charge in [0.25, 0.3) is 0 Å². The molecule has 1 N–H and O–H groups in total. The summed E-state index contributed by atoms with van der Waals surface area (Å²) in [7, 11) is 2.00. The van der Waals surface area contributed by atoms with Gasteiger partial charge >= 0.3 is 0 Å². The number of halogens is 1. The SMILES string of the molecule is CNC(Cc1ccccc1C)c1cccc(Cl)c1C. The lowest BCUT2D eigenvalue weighted by Crippen LogP contribution is -2.20. The number of likely N-dealkylation sites (N-methyl/N-ethyl adjacent to an activating group) is 1. The van der Waals surface area contributed by atoms with Gasteiger partial charge < -0.3 is 5.32 Å². The van der Waals surface area contributed by atoms with E-state index in [4.69, 9.17) is 11.6 Å². The second-order valence-electron chi connectivity index (χ2n) is 4.93. The first-order valence-electron chi connectivity index (χ1n) is 6.60. The van der Waals surface area contributed by atoms with Crippen molar-refractivity contribution in [1.29, 1.82) is 0 Å². The van der Waals surface area contributed by atoms with Crippen LogP contribution < -0.4 is 5.32 Å². The highest BCUT2D eigenvalue weighted by Gasteiger charge is 2.14. The fraction of sp³-hybridized carbons (Fsp3) is 0.294. The molecule has 0 aromatic heterocycles. The predicted molar refractivity (Wildman–Crippen MR) is 82.9 cm³/mol. The summed E-state index contributed by atoms with van der Waals surface area (Å²) in [6.07, 6.45) is 0.977. The molecule has 2 aromatic rings. The average Bonchev–Trinajstić information content (AvgIpc) is 2.41. The minimum atomic E-state index is 0.291. The Kier molecular flexibility index (Phi) is 4.62. The van der Waals surface area contributed by atoms with E-state index in [1.54, 1.807) is 0 Å². The molecule has 0 aliphatic carbocycles. The van der Waals surface area contributed by atoms with Gasteiger partial charge in [-0.25, -0.2) is 0 Å². The predicted octanol–water partition coefficient (Wildman–Crippen LogP) is 4.46. The van der Waals surface area contributed by atoms with Crippen molar-refractivity contribution in [1.82, 2.24) is 5.32 Å². The Balaban J connectivity index is 2.31. The van der Waals surface area contributed by atoms with Crippen LogP contribution in [-0.4, -0.2) is 7.05 Å². The maximum Gasteiger partial charge on any atom is 0.0438 e. The number of aryl methyl sites for hydroxylation is 1. The van der Waals surface area contributed by atoms with Crippen molar-refractivity contribution in [3.8, 4) is 0 Å². The summed E-state index contributed by atoms with van der Waals surface area (Å²) >= 11 is 6.22. The molecule has 0 aliphatic heterocycles. The van der Waals surface area contributed by atoms with E-state index in [1.807, 2.05) is 19.2 Å². The van der Waals surface area contributed by atoms with E-state index >= 15 is 0 Å². The van der Waals surface area contributed by atoms with Crippen LogP contribution in [0.15, 0.2) is 42.5 Å². The average molecular weight is 274 g/mol. The minimum Gasteiger partial charge on any atom is -0.313 e. The lowest BCUT2D eigenvalue weighted by atomic mass is 9.93. The second kappa shape index (κ2) is 6.23. The molecule has 0 bridgehead atoms. The quantitative estimate of drug-likeness (QED) is 0.867. The van der Waals surface area contributed by atoms with Gasteiger partial charge in [0.15, 0.2) is 0 Å². The van der Waals surface area contributed by atoms with Crippen molar-refractivity contribution in [2.24, 2.45) is 0 Å². The van der Waals surface area contributed by atoms with Gasteiger partial charge in [-0.15, -0.1) is 0 Å². The summed E-state index contributed by atoms with van der Waals surface area (Å²) in [6, 6.07) is 14.9. The van der Waals surface area contributed by atoms with Crippen LogP contribution in [0.5, 0.6) is 0 Å². The first-order chi connectivity index (χ1) is 9.13. The molecular weight excluding hydrogens is 254 g/mol. The third-order valence-corrected chi connectivity index (χ3v) is 4.13. The monoisotopic (exact) mass is 273 g/mol. The number of hydrogen-bond acceptors (Lipinski definition) is 1.